The number of carboxylic acids is 1. The molecule has 0 bridgehead atoms. The molecule has 2 aromatic heterocycles. The van der Waals surface area contributed by atoms with Crippen molar-refractivity contribution in [1.82, 2.24) is 10.3 Å². The first kappa shape index (κ1) is 25.6. The minimum absolute atomic E-state index is 0.112. The Labute approximate surface area is 196 Å². The Balaban J connectivity index is 0.000000383. The number of rotatable bonds is 6. The number of carboxylic acid groups (broad SMARTS) is 1. The first-order chi connectivity index (χ1) is 15.6. The molecule has 2 aromatic rings. The molecule has 9 heteroatoms. The number of carbonyl (C=O) groups is 1. The molecule has 1 saturated heterocycles. The smallest absolute Gasteiger partial charge is 0.475 e. The number of pyridine rings is 1. The van der Waals surface area contributed by atoms with Crippen LogP contribution in [0.4, 0.5) is 13.2 Å². The van der Waals surface area contributed by atoms with Crippen LogP contribution in [0.3, 0.4) is 0 Å². The maximum atomic E-state index is 10.6. The molecular weight excluding hydrogens is 453 g/mol. The quantitative estimate of drug-likeness (QED) is 0.521. The van der Waals surface area contributed by atoms with E-state index in [1.807, 2.05) is 23.6 Å². The number of nitrogens with zero attached hydrogens (tertiary/aromatic N) is 1. The van der Waals surface area contributed by atoms with E-state index in [0.717, 1.165) is 39.0 Å². The van der Waals surface area contributed by atoms with E-state index < -0.39 is 12.1 Å². The van der Waals surface area contributed by atoms with Crippen molar-refractivity contribution in [3.63, 3.8) is 0 Å². The van der Waals surface area contributed by atoms with Crippen LogP contribution in [0.2, 0.25) is 0 Å². The summed E-state index contributed by atoms with van der Waals surface area (Å²) in [6.07, 6.45) is 5.31. The zero-order chi connectivity index (χ0) is 24.0. The van der Waals surface area contributed by atoms with E-state index in [0.29, 0.717) is 0 Å². The molecule has 1 aliphatic heterocycles. The van der Waals surface area contributed by atoms with E-state index in [1.54, 1.807) is 0 Å². The largest absolute Gasteiger partial charge is 0.490 e. The van der Waals surface area contributed by atoms with Crippen molar-refractivity contribution in [2.75, 3.05) is 13.2 Å². The van der Waals surface area contributed by atoms with Gasteiger partial charge in [-0.25, -0.2) is 4.79 Å². The molecule has 4 rings (SSSR count). The number of halogens is 3. The summed E-state index contributed by atoms with van der Waals surface area (Å²) in [6.45, 7) is 5.05. The predicted octanol–water partition coefficient (Wildman–Crippen LogP) is 5.63. The highest BCUT2D eigenvalue weighted by Crippen LogP contribution is 2.49. The second-order valence-electron chi connectivity index (χ2n) is 8.90. The zero-order valence-electron chi connectivity index (χ0n) is 18.8. The molecule has 2 N–H and O–H groups in total. The summed E-state index contributed by atoms with van der Waals surface area (Å²) in [7, 11) is 0. The van der Waals surface area contributed by atoms with Crippen LogP contribution in [-0.4, -0.2) is 41.0 Å². The van der Waals surface area contributed by atoms with Gasteiger partial charge < -0.3 is 15.2 Å². The number of alkyl halides is 3. The molecule has 1 atom stereocenters. The Kier molecular flexibility index (Phi) is 8.53. The van der Waals surface area contributed by atoms with Crippen molar-refractivity contribution in [3.05, 3.63) is 52.0 Å². The summed E-state index contributed by atoms with van der Waals surface area (Å²) in [5, 5.41) is 10.8. The third-order valence-electron chi connectivity index (χ3n) is 6.49. The Morgan fingerprint density at radius 1 is 1.21 bits per heavy atom. The maximum absolute atomic E-state index is 10.6. The molecule has 33 heavy (non-hydrogen) atoms. The predicted molar refractivity (Wildman–Crippen MR) is 121 cm³/mol. The molecule has 2 fully saturated rings. The van der Waals surface area contributed by atoms with Crippen LogP contribution in [0, 0.1) is 6.92 Å². The number of ether oxygens (including phenoxy) is 1. The summed E-state index contributed by atoms with van der Waals surface area (Å²) < 4.78 is 38.1. The number of aryl methyl sites for hydroxylation is 1. The monoisotopic (exact) mass is 484 g/mol. The van der Waals surface area contributed by atoms with Crippen molar-refractivity contribution in [1.29, 1.82) is 0 Å². The minimum atomic E-state index is -5.08. The first-order valence-electron chi connectivity index (χ1n) is 11.3. The van der Waals surface area contributed by atoms with Crippen LogP contribution >= 0.6 is 11.3 Å². The summed E-state index contributed by atoms with van der Waals surface area (Å²) in [5.74, 6) is -2.76. The fraction of sp³-hybridized carbons (Fsp3) is 0.583. The second-order valence-corrected chi connectivity index (χ2v) is 10.3. The molecular formula is C24H31F3N2O3S. The SMILES string of the molecule is Cc1ccc(CNCC[C@@]2(c3ccccn3)CCOC3(CCCC3)C2)s1.O=C(O)C(F)(F)F. The molecule has 1 saturated carbocycles. The van der Waals surface area contributed by atoms with Gasteiger partial charge in [-0.1, -0.05) is 18.9 Å². The van der Waals surface area contributed by atoms with Crippen LogP contribution in [0.15, 0.2) is 36.5 Å². The van der Waals surface area contributed by atoms with Gasteiger partial charge in [-0.15, -0.1) is 11.3 Å². The third-order valence-corrected chi connectivity index (χ3v) is 7.49. The number of aliphatic carboxylic acids is 1. The standard InChI is InChI=1S/C22H30N2OS.C2HF3O2/c1-18-7-8-19(26-18)16-23-14-11-21(20-6-2-5-13-24-20)12-15-25-22(17-21)9-3-4-10-22;3-2(4,5)1(6)7/h2,5-8,13,23H,3-4,9-12,14-17H2,1H3;(H,6,7)/t21-;/m1./s1. The van der Waals surface area contributed by atoms with E-state index in [2.05, 4.69) is 36.5 Å². The lowest BCUT2D eigenvalue weighted by atomic mass is 9.68. The Hall–Kier alpha value is -1.97. The third kappa shape index (κ3) is 7.01. The Bertz CT molecular complexity index is 898. The van der Waals surface area contributed by atoms with E-state index >= 15 is 0 Å². The number of hydrogen-bond donors (Lipinski definition) is 2. The fourth-order valence-electron chi connectivity index (χ4n) is 4.92. The Morgan fingerprint density at radius 3 is 2.52 bits per heavy atom. The highest BCUT2D eigenvalue weighted by molar-refractivity contribution is 7.11. The Morgan fingerprint density at radius 2 is 1.94 bits per heavy atom. The van der Waals surface area contributed by atoms with Crippen LogP contribution in [0.25, 0.3) is 0 Å². The molecule has 0 unspecified atom stereocenters. The van der Waals surface area contributed by atoms with Gasteiger partial charge in [0.05, 0.1) is 5.60 Å². The van der Waals surface area contributed by atoms with Gasteiger partial charge >= 0.3 is 12.1 Å². The van der Waals surface area contributed by atoms with Crippen LogP contribution in [0.1, 0.15) is 60.4 Å². The minimum Gasteiger partial charge on any atom is -0.475 e. The van der Waals surface area contributed by atoms with Gasteiger partial charge in [0.15, 0.2) is 0 Å². The molecule has 0 aromatic carbocycles. The summed E-state index contributed by atoms with van der Waals surface area (Å²) >= 11 is 1.89. The van der Waals surface area contributed by atoms with Crippen molar-refractivity contribution < 1.29 is 27.8 Å². The number of thiophene rings is 1. The maximum Gasteiger partial charge on any atom is 0.490 e. The second kappa shape index (κ2) is 11.0. The summed E-state index contributed by atoms with van der Waals surface area (Å²) in [6, 6.07) is 10.8. The molecule has 0 amide bonds. The first-order valence-corrected chi connectivity index (χ1v) is 12.1. The average molecular weight is 485 g/mol. The van der Waals surface area contributed by atoms with Crippen molar-refractivity contribution >= 4 is 17.3 Å². The molecule has 0 radical (unpaired) electrons. The van der Waals surface area contributed by atoms with Crippen LogP contribution in [0.5, 0.6) is 0 Å². The van der Waals surface area contributed by atoms with Gasteiger partial charge in [-0.05, 0) is 69.8 Å². The molecule has 182 valence electrons. The van der Waals surface area contributed by atoms with Gasteiger partial charge in [0.2, 0.25) is 0 Å². The highest BCUT2D eigenvalue weighted by atomic mass is 32.1. The van der Waals surface area contributed by atoms with Crippen molar-refractivity contribution in [2.45, 2.75) is 75.6 Å². The fourth-order valence-corrected chi connectivity index (χ4v) is 5.78. The zero-order valence-corrected chi connectivity index (χ0v) is 19.6. The molecule has 1 spiro atoms. The molecule has 5 nitrogen and oxygen atoms in total. The number of hydrogen-bond acceptors (Lipinski definition) is 5. The molecule has 3 heterocycles. The van der Waals surface area contributed by atoms with Crippen LogP contribution < -0.4 is 5.32 Å². The lowest BCUT2D eigenvalue weighted by Crippen LogP contribution is -2.47. The van der Waals surface area contributed by atoms with E-state index in [9.17, 15) is 13.2 Å². The summed E-state index contributed by atoms with van der Waals surface area (Å²) in [5.41, 5.74) is 1.53. The topological polar surface area (TPSA) is 71.5 Å². The lowest BCUT2D eigenvalue weighted by molar-refractivity contribution is -0.192. The number of nitrogens with one attached hydrogen (secondary N) is 1. The van der Waals surface area contributed by atoms with Crippen LogP contribution in [-0.2, 0) is 21.5 Å². The van der Waals surface area contributed by atoms with Gasteiger partial charge in [0.25, 0.3) is 0 Å². The summed E-state index contributed by atoms with van der Waals surface area (Å²) in [4.78, 5) is 16.5. The lowest BCUT2D eigenvalue weighted by Gasteiger charge is -2.46. The van der Waals surface area contributed by atoms with Gasteiger partial charge in [0.1, 0.15) is 0 Å². The van der Waals surface area contributed by atoms with Crippen molar-refractivity contribution in [3.8, 4) is 0 Å². The number of aromatic nitrogens is 1. The van der Waals surface area contributed by atoms with E-state index in [4.69, 9.17) is 19.6 Å². The van der Waals surface area contributed by atoms with Crippen molar-refractivity contribution in [2.24, 2.45) is 0 Å². The molecule has 1 aliphatic carbocycles. The van der Waals surface area contributed by atoms with Gasteiger partial charge in [-0.2, -0.15) is 13.2 Å². The van der Waals surface area contributed by atoms with E-state index in [-0.39, 0.29) is 11.0 Å². The highest BCUT2D eigenvalue weighted by Gasteiger charge is 2.48. The average Bonchev–Trinajstić information content (AvgIpc) is 3.40. The van der Waals surface area contributed by atoms with E-state index in [1.165, 1.54) is 41.1 Å². The molecule has 2 aliphatic rings. The van der Waals surface area contributed by atoms with Gasteiger partial charge in [0, 0.05) is 40.2 Å². The normalized spacial score (nSPS) is 22.1. The van der Waals surface area contributed by atoms with Gasteiger partial charge in [-0.3, -0.25) is 4.98 Å².